The number of hydrogen-bond acceptors (Lipinski definition) is 3. The lowest BCUT2D eigenvalue weighted by Gasteiger charge is -2.25. The average molecular weight is 428 g/mol. The molecule has 2 amide bonds. The Morgan fingerprint density at radius 1 is 1.15 bits per heavy atom. The van der Waals surface area contributed by atoms with Gasteiger partial charge in [0.25, 0.3) is 0 Å². The van der Waals surface area contributed by atoms with Crippen LogP contribution in [0.15, 0.2) is 47.4 Å². The van der Waals surface area contributed by atoms with Gasteiger partial charge in [-0.25, -0.2) is 13.2 Å². The first kappa shape index (κ1) is 19.9. The van der Waals surface area contributed by atoms with Gasteiger partial charge in [-0.1, -0.05) is 40.9 Å². The van der Waals surface area contributed by atoms with Crippen LogP contribution >= 0.6 is 23.2 Å². The summed E-state index contributed by atoms with van der Waals surface area (Å²) in [5.41, 5.74) is 1.33. The van der Waals surface area contributed by atoms with E-state index in [1.807, 2.05) is 6.92 Å². The van der Waals surface area contributed by atoms with Crippen molar-refractivity contribution in [1.82, 2.24) is 9.62 Å². The van der Waals surface area contributed by atoms with Crippen LogP contribution in [0.25, 0.3) is 0 Å². The summed E-state index contributed by atoms with van der Waals surface area (Å²) in [5, 5.41) is 6.08. The van der Waals surface area contributed by atoms with Gasteiger partial charge in [0.2, 0.25) is 10.0 Å². The number of urea groups is 1. The third-order valence-electron chi connectivity index (χ3n) is 4.31. The fraction of sp³-hybridized carbons (Fsp3) is 0.278. The number of aryl methyl sites for hydroxylation is 1. The van der Waals surface area contributed by atoms with Crippen molar-refractivity contribution >= 4 is 44.9 Å². The van der Waals surface area contributed by atoms with Crippen LogP contribution in [-0.4, -0.2) is 31.5 Å². The van der Waals surface area contributed by atoms with Gasteiger partial charge in [0.05, 0.1) is 21.8 Å². The molecule has 9 heteroatoms. The first-order valence-electron chi connectivity index (χ1n) is 8.38. The van der Waals surface area contributed by atoms with E-state index in [0.29, 0.717) is 35.1 Å². The molecule has 2 N–H and O–H groups in total. The van der Waals surface area contributed by atoms with E-state index in [0.717, 1.165) is 5.56 Å². The molecule has 1 saturated heterocycles. The SMILES string of the molecule is Cc1ccc(S(=O)(=O)N2CCC[C@H]2NC(=O)Nc2cc(Cl)ccc2Cl)cc1. The minimum Gasteiger partial charge on any atom is -0.321 e. The Labute approximate surface area is 168 Å². The molecule has 2 aromatic rings. The number of nitrogens with one attached hydrogen (secondary N) is 2. The molecule has 0 saturated carbocycles. The number of halogens is 2. The number of rotatable bonds is 4. The summed E-state index contributed by atoms with van der Waals surface area (Å²) >= 11 is 12.0. The zero-order chi connectivity index (χ0) is 19.6. The second-order valence-electron chi connectivity index (χ2n) is 6.31. The highest BCUT2D eigenvalue weighted by molar-refractivity contribution is 7.89. The number of hydrogen-bond donors (Lipinski definition) is 2. The zero-order valence-corrected chi connectivity index (χ0v) is 16.9. The molecule has 0 radical (unpaired) electrons. The van der Waals surface area contributed by atoms with Gasteiger partial charge in [0.15, 0.2) is 0 Å². The van der Waals surface area contributed by atoms with Gasteiger partial charge in [-0.2, -0.15) is 4.31 Å². The van der Waals surface area contributed by atoms with Crippen LogP contribution in [0.3, 0.4) is 0 Å². The Morgan fingerprint density at radius 3 is 2.56 bits per heavy atom. The monoisotopic (exact) mass is 427 g/mol. The molecule has 1 aliphatic heterocycles. The number of anilines is 1. The van der Waals surface area contributed by atoms with Crippen molar-refractivity contribution in [2.75, 3.05) is 11.9 Å². The van der Waals surface area contributed by atoms with E-state index in [1.165, 1.54) is 10.4 Å². The first-order valence-corrected chi connectivity index (χ1v) is 10.6. The predicted molar refractivity (Wildman–Crippen MR) is 107 cm³/mol. The van der Waals surface area contributed by atoms with Gasteiger partial charge in [0.1, 0.15) is 0 Å². The topological polar surface area (TPSA) is 78.5 Å². The van der Waals surface area contributed by atoms with Crippen molar-refractivity contribution in [1.29, 1.82) is 0 Å². The van der Waals surface area contributed by atoms with E-state index < -0.39 is 22.2 Å². The van der Waals surface area contributed by atoms with Crippen LogP contribution < -0.4 is 10.6 Å². The molecule has 0 bridgehead atoms. The summed E-state index contributed by atoms with van der Waals surface area (Å²) in [6, 6.07) is 10.8. The summed E-state index contributed by atoms with van der Waals surface area (Å²) in [6.07, 6.45) is 0.560. The molecule has 3 rings (SSSR count). The molecule has 2 aromatic carbocycles. The maximum Gasteiger partial charge on any atom is 0.320 e. The van der Waals surface area contributed by atoms with E-state index in [4.69, 9.17) is 23.2 Å². The van der Waals surface area contributed by atoms with Crippen LogP contribution in [0.5, 0.6) is 0 Å². The van der Waals surface area contributed by atoms with Gasteiger partial charge in [-0.15, -0.1) is 0 Å². The summed E-state index contributed by atoms with van der Waals surface area (Å²) in [4.78, 5) is 12.5. The van der Waals surface area contributed by atoms with E-state index in [-0.39, 0.29) is 4.90 Å². The predicted octanol–water partition coefficient (Wildman–Crippen LogP) is 4.23. The third-order valence-corrected chi connectivity index (χ3v) is 6.79. The number of carbonyl (C=O) groups is 1. The summed E-state index contributed by atoms with van der Waals surface area (Å²) < 4.78 is 27.1. The van der Waals surface area contributed by atoms with Crippen LogP contribution in [0.2, 0.25) is 10.0 Å². The first-order chi connectivity index (χ1) is 12.8. The minimum atomic E-state index is -3.69. The molecular weight excluding hydrogens is 409 g/mol. The largest absolute Gasteiger partial charge is 0.321 e. The van der Waals surface area contributed by atoms with Crippen molar-refractivity contribution in [2.24, 2.45) is 0 Å². The molecule has 1 atom stereocenters. The Kier molecular flexibility index (Phi) is 5.95. The highest BCUT2D eigenvalue weighted by Gasteiger charge is 2.36. The molecule has 0 spiro atoms. The van der Waals surface area contributed by atoms with Gasteiger partial charge < -0.3 is 10.6 Å². The van der Waals surface area contributed by atoms with Crippen molar-refractivity contribution in [3.8, 4) is 0 Å². The molecule has 0 aromatic heterocycles. The van der Waals surface area contributed by atoms with E-state index in [9.17, 15) is 13.2 Å². The molecule has 0 aliphatic carbocycles. The maximum atomic E-state index is 12.9. The smallest absolute Gasteiger partial charge is 0.320 e. The Morgan fingerprint density at radius 2 is 1.85 bits per heavy atom. The van der Waals surface area contributed by atoms with Crippen LogP contribution in [0.1, 0.15) is 18.4 Å². The highest BCUT2D eigenvalue weighted by atomic mass is 35.5. The molecular formula is C18H19Cl2N3O3S. The van der Waals surface area contributed by atoms with E-state index in [1.54, 1.807) is 36.4 Å². The van der Waals surface area contributed by atoms with Gasteiger partial charge in [-0.3, -0.25) is 0 Å². The molecule has 1 fully saturated rings. The van der Waals surface area contributed by atoms with Gasteiger partial charge >= 0.3 is 6.03 Å². The second-order valence-corrected chi connectivity index (χ2v) is 9.04. The number of carbonyl (C=O) groups excluding carboxylic acids is 1. The molecule has 6 nitrogen and oxygen atoms in total. The number of benzene rings is 2. The second kappa shape index (κ2) is 8.06. The Hall–Kier alpha value is -1.80. The maximum absolute atomic E-state index is 12.9. The summed E-state index contributed by atoms with van der Waals surface area (Å²) in [5.74, 6) is 0. The Balaban J connectivity index is 1.73. The summed E-state index contributed by atoms with van der Waals surface area (Å²) in [6.45, 7) is 2.24. The lowest BCUT2D eigenvalue weighted by Crippen LogP contribution is -2.48. The van der Waals surface area contributed by atoms with Gasteiger partial charge in [0, 0.05) is 11.6 Å². The Bertz CT molecular complexity index is 949. The lowest BCUT2D eigenvalue weighted by atomic mass is 10.2. The van der Waals surface area contributed by atoms with Crippen molar-refractivity contribution in [2.45, 2.75) is 30.8 Å². The summed E-state index contributed by atoms with van der Waals surface area (Å²) in [7, 11) is -3.69. The zero-order valence-electron chi connectivity index (χ0n) is 14.6. The van der Waals surface area contributed by atoms with Crippen LogP contribution in [0, 0.1) is 6.92 Å². The normalized spacial score (nSPS) is 17.7. The molecule has 144 valence electrons. The molecule has 1 aliphatic rings. The minimum absolute atomic E-state index is 0.208. The third kappa shape index (κ3) is 4.55. The van der Waals surface area contributed by atoms with Gasteiger partial charge in [-0.05, 0) is 50.1 Å². The van der Waals surface area contributed by atoms with Crippen LogP contribution in [0.4, 0.5) is 10.5 Å². The standard InChI is InChI=1S/C18H19Cl2N3O3S/c1-12-4-7-14(8-5-12)27(25,26)23-10-2-3-17(23)22-18(24)21-16-11-13(19)6-9-15(16)20/h4-9,11,17H,2-3,10H2,1H3,(H2,21,22,24)/t17-/m0/s1. The lowest BCUT2D eigenvalue weighted by molar-refractivity contribution is 0.240. The van der Waals surface area contributed by atoms with E-state index >= 15 is 0 Å². The fourth-order valence-corrected chi connectivity index (χ4v) is 4.87. The fourth-order valence-electron chi connectivity index (χ4n) is 2.92. The quantitative estimate of drug-likeness (QED) is 0.765. The molecule has 1 heterocycles. The number of sulfonamides is 1. The van der Waals surface area contributed by atoms with Crippen molar-refractivity contribution in [3.05, 3.63) is 58.1 Å². The van der Waals surface area contributed by atoms with Crippen molar-refractivity contribution < 1.29 is 13.2 Å². The highest BCUT2D eigenvalue weighted by Crippen LogP contribution is 2.27. The number of amides is 2. The molecule has 0 unspecified atom stereocenters. The molecule has 27 heavy (non-hydrogen) atoms. The van der Waals surface area contributed by atoms with Crippen molar-refractivity contribution in [3.63, 3.8) is 0 Å². The van der Waals surface area contributed by atoms with E-state index in [2.05, 4.69) is 10.6 Å². The number of nitrogens with zero attached hydrogens (tertiary/aromatic N) is 1. The average Bonchev–Trinajstić information content (AvgIpc) is 3.07. The van der Waals surface area contributed by atoms with Crippen LogP contribution in [-0.2, 0) is 10.0 Å².